The van der Waals surface area contributed by atoms with Gasteiger partial charge in [0.25, 0.3) is 0 Å². The third-order valence-electron chi connectivity index (χ3n) is 6.14. The van der Waals surface area contributed by atoms with Crippen molar-refractivity contribution in [3.63, 3.8) is 0 Å². The van der Waals surface area contributed by atoms with Gasteiger partial charge in [-0.1, -0.05) is 62.3 Å². The summed E-state index contributed by atoms with van der Waals surface area (Å²) in [7, 11) is -4.96. The molecule has 2 atom stereocenters. The van der Waals surface area contributed by atoms with Gasteiger partial charge in [-0.2, -0.15) is 4.31 Å². The van der Waals surface area contributed by atoms with E-state index in [1.807, 2.05) is 45.0 Å². The van der Waals surface area contributed by atoms with Crippen molar-refractivity contribution in [1.29, 1.82) is 0 Å². The van der Waals surface area contributed by atoms with Crippen LogP contribution in [0.5, 0.6) is 0 Å². The first kappa shape index (κ1) is 29.4. The standard InChI is InChI=1S/C26H33N5O5S2/c1-18(2)16-31(17-23(32)19(3)28-29-27)38(35,36)26-14-7-6-13-25(26)37(33,34)24-15-9-10-20-21(24)11-8-12-22(20)30(4)5/h6-15,18-19,23,32H,16-17H2,1-5H3/t19-,23?/m0/s1. The summed E-state index contributed by atoms with van der Waals surface area (Å²) in [5, 5.41) is 15.2. The minimum absolute atomic E-state index is 0.00576. The molecule has 204 valence electrons. The molecule has 0 saturated heterocycles. The van der Waals surface area contributed by atoms with Gasteiger partial charge in [0.05, 0.1) is 21.9 Å². The van der Waals surface area contributed by atoms with Gasteiger partial charge in [0.2, 0.25) is 19.9 Å². The van der Waals surface area contributed by atoms with Gasteiger partial charge in [-0.3, -0.25) is 0 Å². The number of benzene rings is 3. The maximum Gasteiger partial charge on any atom is 0.244 e. The van der Waals surface area contributed by atoms with Crippen molar-refractivity contribution in [3.05, 3.63) is 71.1 Å². The molecule has 1 N–H and O–H groups in total. The SMILES string of the molecule is CC(C)CN(CC(O)[C@H](C)N=[N+]=[N-])S(=O)(=O)c1ccccc1S(=O)(=O)c1cccc2c(N(C)C)cccc12. The molecule has 0 bridgehead atoms. The van der Waals surface area contributed by atoms with Crippen molar-refractivity contribution in [3.8, 4) is 0 Å². The first-order chi connectivity index (χ1) is 17.8. The summed E-state index contributed by atoms with van der Waals surface area (Å²) in [5.41, 5.74) is 9.53. The Morgan fingerprint density at radius 3 is 2.03 bits per heavy atom. The van der Waals surface area contributed by atoms with Crippen LogP contribution >= 0.6 is 0 Å². The van der Waals surface area contributed by atoms with Crippen LogP contribution in [0, 0.1) is 5.92 Å². The first-order valence-electron chi connectivity index (χ1n) is 12.1. The minimum Gasteiger partial charge on any atom is -0.391 e. The maximum absolute atomic E-state index is 14.1. The number of aliphatic hydroxyl groups is 1. The molecule has 3 aromatic rings. The highest BCUT2D eigenvalue weighted by Crippen LogP contribution is 2.35. The fourth-order valence-corrected chi connectivity index (χ4v) is 8.12. The van der Waals surface area contributed by atoms with E-state index in [0.717, 1.165) is 15.4 Å². The van der Waals surface area contributed by atoms with Crippen LogP contribution < -0.4 is 4.90 Å². The molecule has 12 heteroatoms. The molecule has 0 spiro atoms. The number of rotatable bonds is 11. The molecular formula is C26H33N5O5S2. The van der Waals surface area contributed by atoms with Gasteiger partial charge in [0.1, 0.15) is 4.90 Å². The third kappa shape index (κ3) is 5.95. The number of aliphatic hydroxyl groups excluding tert-OH is 1. The summed E-state index contributed by atoms with van der Waals surface area (Å²) < 4.78 is 57.0. The van der Waals surface area contributed by atoms with E-state index in [1.54, 1.807) is 18.2 Å². The number of fused-ring (bicyclic) bond motifs is 1. The number of azide groups is 1. The van der Waals surface area contributed by atoms with Crippen LogP contribution in [0.4, 0.5) is 5.69 Å². The molecule has 3 rings (SSSR count). The van der Waals surface area contributed by atoms with Gasteiger partial charge in [0.15, 0.2) is 0 Å². The highest BCUT2D eigenvalue weighted by Gasteiger charge is 2.34. The normalized spacial score (nSPS) is 13.9. The second-order valence-electron chi connectivity index (χ2n) is 9.70. The van der Waals surface area contributed by atoms with Crippen LogP contribution in [0.25, 0.3) is 21.2 Å². The second kappa shape index (κ2) is 11.7. The molecule has 0 saturated carbocycles. The van der Waals surface area contributed by atoms with Crippen molar-refractivity contribution < 1.29 is 21.9 Å². The zero-order valence-corrected chi connectivity index (χ0v) is 23.7. The predicted octanol–water partition coefficient (Wildman–Crippen LogP) is 4.45. The molecule has 3 aromatic carbocycles. The Bertz CT molecular complexity index is 1570. The number of anilines is 1. The Hall–Kier alpha value is -3.15. The number of nitrogens with zero attached hydrogens (tertiary/aromatic N) is 5. The highest BCUT2D eigenvalue weighted by molar-refractivity contribution is 7.93. The summed E-state index contributed by atoms with van der Waals surface area (Å²) in [6, 6.07) is 14.9. The summed E-state index contributed by atoms with van der Waals surface area (Å²) in [6.45, 7) is 4.76. The molecule has 0 aliphatic rings. The summed E-state index contributed by atoms with van der Waals surface area (Å²) in [5.74, 6) is -0.127. The molecule has 1 unspecified atom stereocenters. The van der Waals surface area contributed by atoms with Gasteiger partial charge in [-0.15, -0.1) is 0 Å². The van der Waals surface area contributed by atoms with Crippen LogP contribution in [0.2, 0.25) is 0 Å². The fourth-order valence-electron chi connectivity index (χ4n) is 4.23. The largest absolute Gasteiger partial charge is 0.391 e. The minimum atomic E-state index is -4.39. The zero-order chi connectivity index (χ0) is 28.3. The lowest BCUT2D eigenvalue weighted by Gasteiger charge is -2.28. The number of hydrogen-bond donors (Lipinski definition) is 1. The van der Waals surface area contributed by atoms with E-state index in [9.17, 15) is 21.9 Å². The smallest absolute Gasteiger partial charge is 0.244 e. The van der Waals surface area contributed by atoms with Crippen LogP contribution in [-0.4, -0.2) is 65.6 Å². The van der Waals surface area contributed by atoms with Crippen LogP contribution in [-0.2, 0) is 19.9 Å². The molecule has 0 aliphatic carbocycles. The fraction of sp³-hybridized carbons (Fsp3) is 0.385. The first-order valence-corrected chi connectivity index (χ1v) is 15.0. The monoisotopic (exact) mass is 559 g/mol. The molecule has 38 heavy (non-hydrogen) atoms. The van der Waals surface area contributed by atoms with E-state index in [2.05, 4.69) is 10.0 Å². The van der Waals surface area contributed by atoms with Gasteiger partial charge in [-0.05, 0) is 35.7 Å². The lowest BCUT2D eigenvalue weighted by molar-refractivity contribution is 0.122. The molecule has 0 radical (unpaired) electrons. The average molecular weight is 560 g/mol. The van der Waals surface area contributed by atoms with E-state index in [0.29, 0.717) is 5.39 Å². The topological polar surface area (TPSA) is 144 Å². The zero-order valence-electron chi connectivity index (χ0n) is 22.1. The molecular weight excluding hydrogens is 526 g/mol. The number of sulfonamides is 1. The van der Waals surface area contributed by atoms with E-state index in [-0.39, 0.29) is 33.7 Å². The van der Waals surface area contributed by atoms with Crippen molar-refractivity contribution in [1.82, 2.24) is 4.31 Å². The molecule has 10 nitrogen and oxygen atoms in total. The summed E-state index contributed by atoms with van der Waals surface area (Å²) in [4.78, 5) is 3.82. The molecule has 0 heterocycles. The van der Waals surface area contributed by atoms with Crippen LogP contribution in [0.1, 0.15) is 20.8 Å². The highest BCUT2D eigenvalue weighted by atomic mass is 32.2. The third-order valence-corrected chi connectivity index (χ3v) is 10.0. The van der Waals surface area contributed by atoms with Gasteiger partial charge in [-0.25, -0.2) is 16.8 Å². The van der Waals surface area contributed by atoms with Crippen molar-refractivity contribution in [2.75, 3.05) is 32.1 Å². The number of hydrogen-bond acceptors (Lipinski definition) is 7. The van der Waals surface area contributed by atoms with E-state index < -0.39 is 32.0 Å². The van der Waals surface area contributed by atoms with Gasteiger partial charge >= 0.3 is 0 Å². The van der Waals surface area contributed by atoms with Gasteiger partial charge in [0, 0.05) is 48.6 Å². The van der Waals surface area contributed by atoms with Crippen molar-refractivity contribution >= 4 is 36.3 Å². The summed E-state index contributed by atoms with van der Waals surface area (Å²) in [6.07, 6.45) is -1.29. The Morgan fingerprint density at radius 2 is 1.42 bits per heavy atom. The van der Waals surface area contributed by atoms with E-state index >= 15 is 0 Å². The van der Waals surface area contributed by atoms with E-state index in [1.165, 1.54) is 37.3 Å². The van der Waals surface area contributed by atoms with Crippen molar-refractivity contribution in [2.45, 2.75) is 47.6 Å². The Morgan fingerprint density at radius 1 is 0.842 bits per heavy atom. The second-order valence-corrected chi connectivity index (χ2v) is 13.5. The summed E-state index contributed by atoms with van der Waals surface area (Å²) >= 11 is 0. The Labute approximate surface area is 224 Å². The quantitative estimate of drug-likeness (QED) is 0.209. The lowest BCUT2D eigenvalue weighted by atomic mass is 10.1. The maximum atomic E-state index is 14.1. The predicted molar refractivity (Wildman–Crippen MR) is 148 cm³/mol. The van der Waals surface area contributed by atoms with E-state index in [4.69, 9.17) is 5.53 Å². The van der Waals surface area contributed by atoms with Crippen LogP contribution in [0.3, 0.4) is 0 Å². The molecule has 0 aliphatic heterocycles. The van der Waals surface area contributed by atoms with Crippen LogP contribution in [0.15, 0.2) is 80.5 Å². The number of sulfone groups is 1. The molecule has 0 aromatic heterocycles. The lowest BCUT2D eigenvalue weighted by Crippen LogP contribution is -2.43. The molecule has 0 fully saturated rings. The Kier molecular flexibility index (Phi) is 9.06. The Balaban J connectivity index is 2.19. The molecule has 0 amide bonds. The average Bonchev–Trinajstić information content (AvgIpc) is 2.87. The van der Waals surface area contributed by atoms with Crippen molar-refractivity contribution in [2.24, 2.45) is 11.0 Å². The van der Waals surface area contributed by atoms with Gasteiger partial charge < -0.3 is 10.0 Å².